The molecule has 1 aromatic heterocycles. The normalized spacial score (nSPS) is 10.4. The molecule has 2 aromatic rings. The Hall–Kier alpha value is -1.88. The number of rotatable bonds is 6. The number of ether oxygens (including phenoxy) is 2. The minimum Gasteiger partial charge on any atom is -0.494 e. The van der Waals surface area contributed by atoms with Gasteiger partial charge in [0.05, 0.1) is 13.2 Å². The van der Waals surface area contributed by atoms with Crippen LogP contribution in [-0.4, -0.2) is 24.2 Å². The summed E-state index contributed by atoms with van der Waals surface area (Å²) in [5.74, 6) is 0.454. The van der Waals surface area contributed by atoms with Crippen molar-refractivity contribution in [1.82, 2.24) is 4.98 Å². The second-order valence-corrected chi connectivity index (χ2v) is 5.72. The summed E-state index contributed by atoms with van der Waals surface area (Å²) in [5.41, 5.74) is 1.35. The Kier molecular flexibility index (Phi) is 5.33. The summed E-state index contributed by atoms with van der Waals surface area (Å²) in [6.45, 7) is 6.78. The number of aryl methyl sites for hydroxylation is 1. The van der Waals surface area contributed by atoms with Crippen LogP contribution < -0.4 is 4.74 Å². The van der Waals surface area contributed by atoms with E-state index in [1.165, 1.54) is 11.3 Å². The van der Waals surface area contributed by atoms with E-state index in [0.29, 0.717) is 18.9 Å². The molecule has 0 bridgehead atoms. The third-order valence-electron chi connectivity index (χ3n) is 2.82. The molecule has 0 saturated carbocycles. The van der Waals surface area contributed by atoms with Crippen molar-refractivity contribution in [2.24, 2.45) is 0 Å². The van der Waals surface area contributed by atoms with Gasteiger partial charge in [-0.3, -0.25) is 0 Å². The van der Waals surface area contributed by atoms with Crippen molar-refractivity contribution in [3.63, 3.8) is 0 Å². The number of aromatic nitrogens is 1. The fourth-order valence-electron chi connectivity index (χ4n) is 1.85. The Bertz CT molecular complexity index is 622. The number of carbonyl (C=O) groups excluding carboxylic acids is 1. The van der Waals surface area contributed by atoms with Gasteiger partial charge in [-0.1, -0.05) is 19.1 Å². The maximum atomic E-state index is 11.8. The van der Waals surface area contributed by atoms with Gasteiger partial charge in [0.2, 0.25) is 0 Å². The quantitative estimate of drug-likeness (QED) is 0.754. The molecule has 21 heavy (non-hydrogen) atoms. The van der Waals surface area contributed by atoms with E-state index < -0.39 is 0 Å². The molecule has 0 unspecified atom stereocenters. The van der Waals surface area contributed by atoms with Crippen LogP contribution in [-0.2, 0) is 4.74 Å². The highest BCUT2D eigenvalue weighted by Gasteiger charge is 2.17. The summed E-state index contributed by atoms with van der Waals surface area (Å²) in [4.78, 5) is 17.1. The van der Waals surface area contributed by atoms with Gasteiger partial charge in [0, 0.05) is 10.4 Å². The molecule has 0 N–H and O–H groups in total. The first-order valence-electron chi connectivity index (χ1n) is 7.03. The van der Waals surface area contributed by atoms with Crippen LogP contribution in [0.25, 0.3) is 10.6 Å². The average molecular weight is 305 g/mol. The van der Waals surface area contributed by atoms with E-state index >= 15 is 0 Å². The topological polar surface area (TPSA) is 48.4 Å². The molecule has 1 aromatic carbocycles. The summed E-state index contributed by atoms with van der Waals surface area (Å²) in [7, 11) is 0. The van der Waals surface area contributed by atoms with Crippen molar-refractivity contribution in [1.29, 1.82) is 0 Å². The van der Waals surface area contributed by atoms with E-state index in [4.69, 9.17) is 9.47 Å². The minimum atomic E-state index is -0.365. The molecule has 0 spiro atoms. The first kappa shape index (κ1) is 15.5. The Labute approximate surface area is 128 Å². The van der Waals surface area contributed by atoms with Crippen LogP contribution >= 0.6 is 11.3 Å². The van der Waals surface area contributed by atoms with E-state index in [0.717, 1.165) is 27.6 Å². The van der Waals surface area contributed by atoms with Gasteiger partial charge in [-0.2, -0.15) is 0 Å². The van der Waals surface area contributed by atoms with Gasteiger partial charge < -0.3 is 9.47 Å². The SMILES string of the molecule is CCCOc1cccc(-c2nc(C(=O)OCC)c(C)s2)c1. The van der Waals surface area contributed by atoms with Crippen molar-refractivity contribution in [2.75, 3.05) is 13.2 Å². The van der Waals surface area contributed by atoms with Crippen LogP contribution in [0.1, 0.15) is 35.6 Å². The van der Waals surface area contributed by atoms with E-state index in [1.807, 2.05) is 31.2 Å². The fourth-order valence-corrected chi connectivity index (χ4v) is 2.74. The predicted octanol–water partition coefficient (Wildman–Crippen LogP) is 4.08. The van der Waals surface area contributed by atoms with Gasteiger partial charge in [-0.05, 0) is 32.4 Å². The number of benzene rings is 1. The molecule has 1 heterocycles. The Morgan fingerprint density at radius 3 is 2.86 bits per heavy atom. The molecule has 0 aliphatic carbocycles. The van der Waals surface area contributed by atoms with Crippen molar-refractivity contribution in [3.8, 4) is 16.3 Å². The first-order valence-corrected chi connectivity index (χ1v) is 7.85. The summed E-state index contributed by atoms with van der Waals surface area (Å²) >= 11 is 1.49. The molecular weight excluding hydrogens is 286 g/mol. The maximum absolute atomic E-state index is 11.8. The number of carbonyl (C=O) groups is 1. The number of nitrogens with zero attached hydrogens (tertiary/aromatic N) is 1. The van der Waals surface area contributed by atoms with Crippen molar-refractivity contribution < 1.29 is 14.3 Å². The van der Waals surface area contributed by atoms with Crippen molar-refractivity contribution >= 4 is 17.3 Å². The number of esters is 1. The molecule has 5 heteroatoms. The second kappa shape index (κ2) is 7.22. The monoisotopic (exact) mass is 305 g/mol. The molecule has 0 saturated heterocycles. The Morgan fingerprint density at radius 1 is 1.33 bits per heavy atom. The number of hydrogen-bond donors (Lipinski definition) is 0. The highest BCUT2D eigenvalue weighted by molar-refractivity contribution is 7.15. The van der Waals surface area contributed by atoms with Gasteiger partial charge in [0.25, 0.3) is 0 Å². The lowest BCUT2D eigenvalue weighted by atomic mass is 10.2. The van der Waals surface area contributed by atoms with Crippen molar-refractivity contribution in [2.45, 2.75) is 27.2 Å². The van der Waals surface area contributed by atoms with E-state index in [2.05, 4.69) is 11.9 Å². The number of hydrogen-bond acceptors (Lipinski definition) is 5. The first-order chi connectivity index (χ1) is 10.2. The second-order valence-electron chi connectivity index (χ2n) is 4.52. The third kappa shape index (κ3) is 3.82. The molecule has 0 amide bonds. The van der Waals surface area contributed by atoms with Crippen LogP contribution in [0.2, 0.25) is 0 Å². The predicted molar refractivity (Wildman–Crippen MR) is 84.0 cm³/mol. The molecule has 2 rings (SSSR count). The molecule has 0 aliphatic rings. The molecule has 0 aliphatic heterocycles. The van der Waals surface area contributed by atoms with E-state index in [9.17, 15) is 4.79 Å². The summed E-state index contributed by atoms with van der Waals surface area (Å²) in [6, 6.07) is 7.77. The lowest BCUT2D eigenvalue weighted by molar-refractivity contribution is 0.0519. The van der Waals surface area contributed by atoms with Crippen LogP contribution in [0.4, 0.5) is 0 Å². The zero-order valence-electron chi connectivity index (χ0n) is 12.5. The lowest BCUT2D eigenvalue weighted by Gasteiger charge is -2.05. The van der Waals surface area contributed by atoms with Gasteiger partial charge >= 0.3 is 5.97 Å². The molecule has 112 valence electrons. The van der Waals surface area contributed by atoms with Crippen LogP contribution in [0.5, 0.6) is 5.75 Å². The average Bonchev–Trinajstić information content (AvgIpc) is 2.88. The standard InChI is InChI=1S/C16H19NO3S/c1-4-9-20-13-8-6-7-12(10-13)15-17-14(11(3)21-15)16(18)19-5-2/h6-8,10H,4-5,9H2,1-3H3. The van der Waals surface area contributed by atoms with Gasteiger partial charge in [-0.15, -0.1) is 11.3 Å². The van der Waals surface area contributed by atoms with Gasteiger partial charge in [-0.25, -0.2) is 9.78 Å². The van der Waals surface area contributed by atoms with Gasteiger partial charge in [0.15, 0.2) is 5.69 Å². The van der Waals surface area contributed by atoms with Crippen LogP contribution in [0, 0.1) is 6.92 Å². The molecule has 4 nitrogen and oxygen atoms in total. The highest BCUT2D eigenvalue weighted by Crippen LogP contribution is 2.30. The van der Waals surface area contributed by atoms with E-state index in [1.54, 1.807) is 6.92 Å². The zero-order chi connectivity index (χ0) is 15.2. The Balaban J connectivity index is 2.26. The van der Waals surface area contributed by atoms with Crippen LogP contribution in [0.3, 0.4) is 0 Å². The maximum Gasteiger partial charge on any atom is 0.358 e. The van der Waals surface area contributed by atoms with Gasteiger partial charge in [0.1, 0.15) is 10.8 Å². The summed E-state index contributed by atoms with van der Waals surface area (Å²) < 4.78 is 10.6. The molecule has 0 atom stereocenters. The smallest absolute Gasteiger partial charge is 0.358 e. The number of thiazole rings is 1. The molecular formula is C16H19NO3S. The Morgan fingerprint density at radius 2 is 2.14 bits per heavy atom. The largest absolute Gasteiger partial charge is 0.494 e. The molecule has 0 fully saturated rings. The van der Waals surface area contributed by atoms with Crippen LogP contribution in [0.15, 0.2) is 24.3 Å². The minimum absolute atomic E-state index is 0.353. The van der Waals surface area contributed by atoms with E-state index in [-0.39, 0.29) is 5.97 Å². The highest BCUT2D eigenvalue weighted by atomic mass is 32.1. The lowest BCUT2D eigenvalue weighted by Crippen LogP contribution is -2.06. The summed E-state index contributed by atoms with van der Waals surface area (Å²) in [6.07, 6.45) is 0.966. The third-order valence-corrected chi connectivity index (χ3v) is 3.84. The molecule has 0 radical (unpaired) electrons. The fraction of sp³-hybridized carbons (Fsp3) is 0.375. The zero-order valence-corrected chi connectivity index (χ0v) is 13.3. The summed E-state index contributed by atoms with van der Waals surface area (Å²) in [5, 5.41) is 0.803. The van der Waals surface area contributed by atoms with Crippen molar-refractivity contribution in [3.05, 3.63) is 34.8 Å².